The molecule has 0 aliphatic carbocycles. The van der Waals surface area contributed by atoms with E-state index in [2.05, 4.69) is 0 Å². The number of nitrogens with zero attached hydrogens (tertiary/aromatic N) is 1. The van der Waals surface area contributed by atoms with Gasteiger partial charge in [0.05, 0.1) is 32.1 Å². The second-order valence-corrected chi connectivity index (χ2v) is 5.31. The Hall–Kier alpha value is -2.11. The molecule has 0 saturated heterocycles. The molecule has 0 amide bonds. The van der Waals surface area contributed by atoms with Gasteiger partial charge >= 0.3 is 0 Å². The maximum absolute atomic E-state index is 13.7. The van der Waals surface area contributed by atoms with Crippen LogP contribution in [-0.2, 0) is 11.3 Å². The van der Waals surface area contributed by atoms with E-state index in [1.54, 1.807) is 37.3 Å². The number of hydrogen-bond donors (Lipinski definition) is 1. The lowest BCUT2D eigenvalue weighted by Gasteiger charge is -2.23. The molecule has 0 aliphatic heterocycles. The summed E-state index contributed by atoms with van der Waals surface area (Å²) in [6.45, 7) is 0.800. The highest BCUT2D eigenvalue weighted by molar-refractivity contribution is 5.46. The number of aliphatic hydroxyl groups excluding tert-OH is 1. The van der Waals surface area contributed by atoms with Crippen molar-refractivity contribution < 1.29 is 19.0 Å². The molecule has 0 heterocycles. The van der Waals surface area contributed by atoms with Crippen LogP contribution >= 0.6 is 0 Å². The molecule has 0 spiro atoms. The van der Waals surface area contributed by atoms with Crippen LogP contribution in [0.4, 0.5) is 10.1 Å². The van der Waals surface area contributed by atoms with E-state index in [9.17, 15) is 9.50 Å². The number of ether oxygens (including phenoxy) is 2. The predicted octanol–water partition coefficient (Wildman–Crippen LogP) is 2.85. The standard InChI is InChI=1S/C18H22FNO3/c1-20(17-9-5-4-8-16(17)19)11-15(21)13-23-12-14-7-3-6-10-18(14)22-2/h3-10,15,21H,11-13H2,1-2H3. The van der Waals surface area contributed by atoms with E-state index in [-0.39, 0.29) is 19.0 Å². The summed E-state index contributed by atoms with van der Waals surface area (Å²) in [7, 11) is 3.35. The van der Waals surface area contributed by atoms with Crippen molar-refractivity contribution in [1.29, 1.82) is 0 Å². The largest absolute Gasteiger partial charge is 0.496 e. The van der Waals surface area contributed by atoms with E-state index >= 15 is 0 Å². The first-order valence-electron chi connectivity index (χ1n) is 7.45. The highest BCUT2D eigenvalue weighted by Crippen LogP contribution is 2.19. The molecule has 5 heteroatoms. The van der Waals surface area contributed by atoms with Crippen LogP contribution in [0.5, 0.6) is 5.75 Å². The molecule has 0 aliphatic rings. The first-order chi connectivity index (χ1) is 11.1. The Kier molecular flexibility index (Phi) is 6.38. The summed E-state index contributed by atoms with van der Waals surface area (Å²) in [4.78, 5) is 1.67. The molecule has 23 heavy (non-hydrogen) atoms. The Morgan fingerprint density at radius 3 is 2.57 bits per heavy atom. The van der Waals surface area contributed by atoms with Gasteiger partial charge < -0.3 is 19.5 Å². The van der Waals surface area contributed by atoms with Crippen LogP contribution in [0.2, 0.25) is 0 Å². The van der Waals surface area contributed by atoms with Crippen LogP contribution in [0.3, 0.4) is 0 Å². The van der Waals surface area contributed by atoms with E-state index in [0.717, 1.165) is 11.3 Å². The Balaban J connectivity index is 1.81. The summed E-state index contributed by atoms with van der Waals surface area (Å²) >= 11 is 0. The molecule has 1 N–H and O–H groups in total. The molecule has 1 atom stereocenters. The number of anilines is 1. The molecule has 124 valence electrons. The van der Waals surface area contributed by atoms with Gasteiger partial charge in [0.15, 0.2) is 0 Å². The van der Waals surface area contributed by atoms with Crippen LogP contribution in [-0.4, -0.2) is 38.5 Å². The summed E-state index contributed by atoms with van der Waals surface area (Å²) in [5.41, 5.74) is 1.38. The number of rotatable bonds is 8. The van der Waals surface area contributed by atoms with Crippen molar-refractivity contribution in [3.05, 3.63) is 59.9 Å². The third-order valence-corrected chi connectivity index (χ3v) is 3.51. The fourth-order valence-corrected chi connectivity index (χ4v) is 2.36. The molecule has 0 aromatic heterocycles. The van der Waals surface area contributed by atoms with Crippen LogP contribution in [0, 0.1) is 5.82 Å². The van der Waals surface area contributed by atoms with Crippen molar-refractivity contribution in [2.75, 3.05) is 32.2 Å². The topological polar surface area (TPSA) is 41.9 Å². The van der Waals surface area contributed by atoms with Crippen molar-refractivity contribution in [3.8, 4) is 5.75 Å². The third kappa shape index (κ3) is 4.94. The summed E-state index contributed by atoms with van der Waals surface area (Å²) in [6.07, 6.45) is -0.714. The molecular formula is C18H22FNO3. The van der Waals surface area contributed by atoms with Crippen LogP contribution in [0.25, 0.3) is 0 Å². The number of methoxy groups -OCH3 is 1. The normalized spacial score (nSPS) is 12.0. The first kappa shape index (κ1) is 17.2. The van der Waals surface area contributed by atoms with Gasteiger partial charge in [-0.05, 0) is 18.2 Å². The Bertz CT molecular complexity index is 621. The van der Waals surface area contributed by atoms with E-state index in [4.69, 9.17) is 9.47 Å². The monoisotopic (exact) mass is 319 g/mol. The van der Waals surface area contributed by atoms with E-state index < -0.39 is 6.10 Å². The molecule has 0 saturated carbocycles. The Labute approximate surface area is 136 Å². The van der Waals surface area contributed by atoms with Gasteiger partial charge in [0.25, 0.3) is 0 Å². The van der Waals surface area contributed by atoms with Gasteiger partial charge in [-0.25, -0.2) is 4.39 Å². The third-order valence-electron chi connectivity index (χ3n) is 3.51. The maximum atomic E-state index is 13.7. The van der Waals surface area contributed by atoms with Gasteiger partial charge in [0.1, 0.15) is 11.6 Å². The Morgan fingerprint density at radius 1 is 1.13 bits per heavy atom. The van der Waals surface area contributed by atoms with E-state index in [0.29, 0.717) is 12.3 Å². The highest BCUT2D eigenvalue weighted by atomic mass is 19.1. The fourth-order valence-electron chi connectivity index (χ4n) is 2.36. The molecule has 0 fully saturated rings. The molecule has 0 radical (unpaired) electrons. The molecule has 2 aromatic carbocycles. The number of likely N-dealkylation sites (N-methyl/N-ethyl adjacent to an activating group) is 1. The predicted molar refractivity (Wildman–Crippen MR) is 88.3 cm³/mol. The first-order valence-corrected chi connectivity index (χ1v) is 7.45. The lowest BCUT2D eigenvalue weighted by atomic mass is 10.2. The highest BCUT2D eigenvalue weighted by Gasteiger charge is 2.12. The Morgan fingerprint density at radius 2 is 1.83 bits per heavy atom. The molecule has 4 nitrogen and oxygen atoms in total. The SMILES string of the molecule is COc1ccccc1COCC(O)CN(C)c1ccccc1F. The fraction of sp³-hybridized carbons (Fsp3) is 0.333. The maximum Gasteiger partial charge on any atom is 0.146 e. The minimum Gasteiger partial charge on any atom is -0.496 e. The average Bonchev–Trinajstić information content (AvgIpc) is 2.55. The van der Waals surface area contributed by atoms with E-state index in [1.807, 2.05) is 24.3 Å². The van der Waals surface area contributed by atoms with Crippen molar-refractivity contribution in [3.63, 3.8) is 0 Å². The molecule has 0 bridgehead atoms. The molecule has 1 unspecified atom stereocenters. The number of benzene rings is 2. The van der Waals surface area contributed by atoms with E-state index in [1.165, 1.54) is 6.07 Å². The zero-order chi connectivity index (χ0) is 16.7. The summed E-state index contributed by atoms with van der Waals surface area (Å²) in [6, 6.07) is 14.1. The van der Waals surface area contributed by atoms with Crippen LogP contribution < -0.4 is 9.64 Å². The average molecular weight is 319 g/mol. The van der Waals surface area contributed by atoms with Gasteiger partial charge in [-0.3, -0.25) is 0 Å². The molecular weight excluding hydrogens is 297 g/mol. The van der Waals surface area contributed by atoms with Crippen molar-refractivity contribution in [1.82, 2.24) is 0 Å². The van der Waals surface area contributed by atoms with Crippen molar-refractivity contribution in [2.24, 2.45) is 0 Å². The minimum absolute atomic E-state index is 0.164. The van der Waals surface area contributed by atoms with Gasteiger partial charge in [0.2, 0.25) is 0 Å². The van der Waals surface area contributed by atoms with Gasteiger partial charge in [0, 0.05) is 19.2 Å². The number of para-hydroxylation sites is 2. The quantitative estimate of drug-likeness (QED) is 0.812. The second kappa shape index (κ2) is 8.50. The van der Waals surface area contributed by atoms with Crippen molar-refractivity contribution in [2.45, 2.75) is 12.7 Å². The molecule has 2 rings (SSSR count). The van der Waals surface area contributed by atoms with Crippen LogP contribution in [0.15, 0.2) is 48.5 Å². The van der Waals surface area contributed by atoms with Gasteiger partial charge in [-0.2, -0.15) is 0 Å². The zero-order valence-electron chi connectivity index (χ0n) is 13.4. The molecule has 2 aromatic rings. The zero-order valence-corrected chi connectivity index (χ0v) is 13.4. The number of halogens is 1. The van der Waals surface area contributed by atoms with Crippen LogP contribution in [0.1, 0.15) is 5.56 Å². The minimum atomic E-state index is -0.714. The summed E-state index contributed by atoms with van der Waals surface area (Å²) in [5, 5.41) is 10.1. The second-order valence-electron chi connectivity index (χ2n) is 5.31. The summed E-state index contributed by atoms with van der Waals surface area (Å²) in [5.74, 6) is 0.447. The van der Waals surface area contributed by atoms with Crippen molar-refractivity contribution >= 4 is 5.69 Å². The lowest BCUT2D eigenvalue weighted by Crippen LogP contribution is -2.32. The lowest BCUT2D eigenvalue weighted by molar-refractivity contribution is 0.0317. The smallest absolute Gasteiger partial charge is 0.146 e. The van der Waals surface area contributed by atoms with Gasteiger partial charge in [-0.15, -0.1) is 0 Å². The van der Waals surface area contributed by atoms with Gasteiger partial charge in [-0.1, -0.05) is 30.3 Å². The number of hydrogen-bond acceptors (Lipinski definition) is 4. The number of aliphatic hydroxyl groups is 1. The summed E-state index contributed by atoms with van der Waals surface area (Å²) < 4.78 is 24.5.